The maximum Gasteiger partial charge on any atom is 0.124 e. The first-order valence-electron chi connectivity index (χ1n) is 4.29. The fraction of sp³-hybridized carbons (Fsp3) is 0.400. The van der Waals surface area contributed by atoms with E-state index in [9.17, 15) is 4.39 Å². The third kappa shape index (κ3) is 3.98. The van der Waals surface area contributed by atoms with Gasteiger partial charge in [-0.1, -0.05) is 22.9 Å². The molecule has 0 amide bonds. The van der Waals surface area contributed by atoms with Gasteiger partial charge < -0.3 is 5.11 Å². The number of benzene rings is 1. The van der Waals surface area contributed by atoms with Gasteiger partial charge >= 0.3 is 0 Å². The van der Waals surface area contributed by atoms with Crippen LogP contribution in [0.25, 0.3) is 0 Å². The first-order chi connectivity index (χ1) is 6.61. The van der Waals surface area contributed by atoms with Crippen LogP contribution in [0.15, 0.2) is 22.7 Å². The maximum atomic E-state index is 12.9. The van der Waals surface area contributed by atoms with Gasteiger partial charge in [0, 0.05) is 15.5 Å². The SMILES string of the molecule is CC(CO)SCc1cc(F)cc(Br)c1. The molecule has 1 aromatic carbocycles. The second-order valence-corrected chi connectivity index (χ2v) is 5.42. The highest BCUT2D eigenvalue weighted by Crippen LogP contribution is 2.21. The molecule has 1 rings (SSSR count). The lowest BCUT2D eigenvalue weighted by molar-refractivity contribution is 0.300. The van der Waals surface area contributed by atoms with Crippen molar-refractivity contribution in [2.45, 2.75) is 17.9 Å². The summed E-state index contributed by atoms with van der Waals surface area (Å²) in [4.78, 5) is 0. The predicted octanol–water partition coefficient (Wildman–Crippen LogP) is 3.20. The minimum absolute atomic E-state index is 0.154. The van der Waals surface area contributed by atoms with Crippen molar-refractivity contribution in [3.63, 3.8) is 0 Å². The fourth-order valence-corrected chi connectivity index (χ4v) is 2.25. The molecule has 4 heteroatoms. The van der Waals surface area contributed by atoms with Crippen molar-refractivity contribution in [3.8, 4) is 0 Å². The van der Waals surface area contributed by atoms with E-state index >= 15 is 0 Å². The Hall–Kier alpha value is -0.0600. The van der Waals surface area contributed by atoms with Crippen molar-refractivity contribution >= 4 is 27.7 Å². The lowest BCUT2D eigenvalue weighted by Gasteiger charge is -2.07. The van der Waals surface area contributed by atoms with Crippen molar-refractivity contribution in [1.29, 1.82) is 0 Å². The van der Waals surface area contributed by atoms with E-state index in [2.05, 4.69) is 15.9 Å². The minimum Gasteiger partial charge on any atom is -0.395 e. The van der Waals surface area contributed by atoms with E-state index in [1.54, 1.807) is 11.8 Å². The normalized spacial score (nSPS) is 12.9. The van der Waals surface area contributed by atoms with Crippen LogP contribution in [0.2, 0.25) is 0 Å². The van der Waals surface area contributed by atoms with Crippen LogP contribution in [-0.4, -0.2) is 17.0 Å². The zero-order chi connectivity index (χ0) is 10.6. The highest BCUT2D eigenvalue weighted by molar-refractivity contribution is 9.10. The molecule has 1 atom stereocenters. The molecule has 0 radical (unpaired) electrons. The minimum atomic E-state index is -0.230. The summed E-state index contributed by atoms with van der Waals surface area (Å²) in [6.07, 6.45) is 0. The smallest absolute Gasteiger partial charge is 0.124 e. The molecular weight excluding hydrogens is 267 g/mol. The molecule has 78 valence electrons. The van der Waals surface area contributed by atoms with Crippen molar-refractivity contribution in [3.05, 3.63) is 34.1 Å². The average Bonchev–Trinajstić information content (AvgIpc) is 2.12. The van der Waals surface area contributed by atoms with Crippen molar-refractivity contribution < 1.29 is 9.50 Å². The van der Waals surface area contributed by atoms with Crippen molar-refractivity contribution in [1.82, 2.24) is 0 Å². The zero-order valence-electron chi connectivity index (χ0n) is 7.84. The molecular formula is C10H12BrFOS. The molecule has 0 aliphatic heterocycles. The summed E-state index contributed by atoms with van der Waals surface area (Å²) >= 11 is 4.85. The average molecular weight is 279 g/mol. The summed E-state index contributed by atoms with van der Waals surface area (Å²) in [5, 5.41) is 9.01. The van der Waals surface area contributed by atoms with Gasteiger partial charge in [-0.3, -0.25) is 0 Å². The van der Waals surface area contributed by atoms with E-state index in [0.29, 0.717) is 0 Å². The van der Waals surface area contributed by atoms with Gasteiger partial charge in [0.2, 0.25) is 0 Å². The molecule has 0 fully saturated rings. The van der Waals surface area contributed by atoms with Gasteiger partial charge in [0.1, 0.15) is 5.82 Å². The number of halogens is 2. The largest absolute Gasteiger partial charge is 0.395 e. The lowest BCUT2D eigenvalue weighted by atomic mass is 10.2. The lowest BCUT2D eigenvalue weighted by Crippen LogP contribution is -2.02. The summed E-state index contributed by atoms with van der Waals surface area (Å²) in [6, 6.07) is 4.84. The molecule has 0 aliphatic carbocycles. The molecule has 1 nitrogen and oxygen atoms in total. The number of aliphatic hydroxyl groups excluding tert-OH is 1. The van der Waals surface area contributed by atoms with Crippen LogP contribution in [0.3, 0.4) is 0 Å². The van der Waals surface area contributed by atoms with Crippen molar-refractivity contribution in [2.24, 2.45) is 0 Å². The predicted molar refractivity (Wildman–Crippen MR) is 61.9 cm³/mol. The molecule has 0 saturated heterocycles. The Morgan fingerprint density at radius 1 is 1.50 bits per heavy atom. The highest BCUT2D eigenvalue weighted by atomic mass is 79.9. The van der Waals surface area contributed by atoms with Gasteiger partial charge in [-0.05, 0) is 23.8 Å². The Morgan fingerprint density at radius 2 is 2.21 bits per heavy atom. The molecule has 14 heavy (non-hydrogen) atoms. The van der Waals surface area contributed by atoms with Gasteiger partial charge in [0.05, 0.1) is 6.61 Å². The second-order valence-electron chi connectivity index (χ2n) is 3.08. The van der Waals surface area contributed by atoms with Gasteiger partial charge in [0.25, 0.3) is 0 Å². The highest BCUT2D eigenvalue weighted by Gasteiger charge is 2.03. The second kappa shape index (κ2) is 5.73. The van der Waals surface area contributed by atoms with Crippen LogP contribution in [0.5, 0.6) is 0 Å². The summed E-state index contributed by atoms with van der Waals surface area (Å²) < 4.78 is 13.7. The summed E-state index contributed by atoms with van der Waals surface area (Å²) in [6.45, 7) is 2.10. The molecule has 0 bridgehead atoms. The third-order valence-electron chi connectivity index (χ3n) is 1.71. The van der Waals surface area contributed by atoms with E-state index in [4.69, 9.17) is 5.11 Å². The molecule has 0 aliphatic rings. The van der Waals surface area contributed by atoms with Gasteiger partial charge in [0.15, 0.2) is 0 Å². The quantitative estimate of drug-likeness (QED) is 0.913. The monoisotopic (exact) mass is 278 g/mol. The van der Waals surface area contributed by atoms with Crippen LogP contribution in [0.4, 0.5) is 4.39 Å². The van der Waals surface area contributed by atoms with Crippen LogP contribution in [-0.2, 0) is 5.75 Å². The number of rotatable bonds is 4. The number of thioether (sulfide) groups is 1. The summed E-state index contributed by atoms with van der Waals surface area (Å²) in [5.41, 5.74) is 0.933. The van der Waals surface area contributed by atoms with E-state index in [1.165, 1.54) is 12.1 Å². The van der Waals surface area contributed by atoms with Gasteiger partial charge in [-0.2, -0.15) is 11.8 Å². The topological polar surface area (TPSA) is 20.2 Å². The Morgan fingerprint density at radius 3 is 2.79 bits per heavy atom. The first-order valence-corrected chi connectivity index (χ1v) is 6.13. The van der Waals surface area contributed by atoms with E-state index in [1.807, 2.05) is 13.0 Å². The Balaban J connectivity index is 2.58. The number of hydrogen-bond acceptors (Lipinski definition) is 2. The van der Waals surface area contributed by atoms with Crippen molar-refractivity contribution in [2.75, 3.05) is 6.61 Å². The van der Waals surface area contributed by atoms with Crippen LogP contribution >= 0.6 is 27.7 Å². The van der Waals surface area contributed by atoms with Gasteiger partial charge in [-0.15, -0.1) is 0 Å². The maximum absolute atomic E-state index is 12.9. The van der Waals surface area contributed by atoms with Crippen LogP contribution in [0.1, 0.15) is 12.5 Å². The molecule has 0 saturated carbocycles. The zero-order valence-corrected chi connectivity index (χ0v) is 10.2. The van der Waals surface area contributed by atoms with E-state index < -0.39 is 0 Å². The Kier molecular flexibility index (Phi) is 4.92. The van der Waals surface area contributed by atoms with Crippen LogP contribution in [0, 0.1) is 5.82 Å². The van der Waals surface area contributed by atoms with E-state index in [0.717, 1.165) is 15.8 Å². The van der Waals surface area contributed by atoms with E-state index in [-0.39, 0.29) is 17.7 Å². The Bertz CT molecular complexity index is 286. The molecule has 1 unspecified atom stereocenters. The third-order valence-corrected chi connectivity index (χ3v) is 3.39. The summed E-state index contributed by atoms with van der Waals surface area (Å²) in [7, 11) is 0. The molecule has 0 spiro atoms. The van der Waals surface area contributed by atoms with Crippen LogP contribution < -0.4 is 0 Å². The summed E-state index contributed by atoms with van der Waals surface area (Å²) in [5.74, 6) is 0.490. The molecule has 0 aromatic heterocycles. The van der Waals surface area contributed by atoms with Gasteiger partial charge in [-0.25, -0.2) is 4.39 Å². The number of aliphatic hydroxyl groups is 1. The standard InChI is InChI=1S/C10H12BrFOS/c1-7(5-13)14-6-8-2-9(11)4-10(12)3-8/h2-4,7,13H,5-6H2,1H3. The molecule has 1 N–H and O–H groups in total. The fourth-order valence-electron chi connectivity index (χ4n) is 0.985. The molecule has 0 heterocycles. The first kappa shape index (κ1) is 12.0. The Labute approximate surface area is 95.8 Å². The molecule has 1 aromatic rings. The number of hydrogen-bond donors (Lipinski definition) is 1.